The fraction of sp³-hybridized carbons (Fsp3) is 0.0952. The number of hydrogen-bond acceptors (Lipinski definition) is 1. The van der Waals surface area contributed by atoms with Crippen molar-refractivity contribution in [2.24, 2.45) is 0 Å². The quantitative estimate of drug-likeness (QED) is 0.206. The van der Waals surface area contributed by atoms with Crippen LogP contribution in [0, 0.1) is 0 Å². The van der Waals surface area contributed by atoms with Crippen molar-refractivity contribution < 1.29 is 0 Å². The van der Waals surface area contributed by atoms with E-state index < -0.39 is 0 Å². The number of anilines is 3. The average molecular weight is 567 g/mol. The Labute approximate surface area is 258 Å². The molecule has 1 heterocycles. The van der Waals surface area contributed by atoms with Crippen LogP contribution in [0.1, 0.15) is 20.8 Å². The van der Waals surface area contributed by atoms with Crippen LogP contribution in [-0.4, -0.2) is 4.57 Å². The number of fused-ring (bicyclic) bond motifs is 5. The summed E-state index contributed by atoms with van der Waals surface area (Å²) in [5, 5.41) is 7.50. The standard InChI is InChI=1S/C42H34N2/c1-42(2,3)44-38-20-12-11-19-36(38)37-25-24-34(28-40(37)44)43(33-23-21-29-13-7-8-17-32(29)27-33)39-26-22-30-14-9-10-18-35(30)41(39)31-15-5-4-6-16-31/h4-28H,1-3H3. The third-order valence-electron chi connectivity index (χ3n) is 8.79. The number of aromatic nitrogens is 1. The van der Waals surface area contributed by atoms with E-state index in [-0.39, 0.29) is 5.54 Å². The Hall–Kier alpha value is -5.34. The second-order valence-corrected chi connectivity index (χ2v) is 12.6. The molecule has 44 heavy (non-hydrogen) atoms. The molecule has 0 aliphatic rings. The molecule has 0 radical (unpaired) electrons. The summed E-state index contributed by atoms with van der Waals surface area (Å²) >= 11 is 0. The van der Waals surface area contributed by atoms with Gasteiger partial charge in [0.2, 0.25) is 0 Å². The van der Waals surface area contributed by atoms with Crippen LogP contribution in [0.2, 0.25) is 0 Å². The second-order valence-electron chi connectivity index (χ2n) is 12.6. The van der Waals surface area contributed by atoms with Crippen molar-refractivity contribution in [3.05, 3.63) is 152 Å². The summed E-state index contributed by atoms with van der Waals surface area (Å²) in [5.41, 5.74) is 8.27. The summed E-state index contributed by atoms with van der Waals surface area (Å²) in [6, 6.07) is 55.3. The van der Waals surface area contributed by atoms with Gasteiger partial charge in [0.25, 0.3) is 0 Å². The predicted molar refractivity (Wildman–Crippen MR) is 190 cm³/mol. The van der Waals surface area contributed by atoms with Gasteiger partial charge in [-0.25, -0.2) is 0 Å². The molecule has 0 amide bonds. The lowest BCUT2D eigenvalue weighted by Gasteiger charge is -2.30. The number of rotatable bonds is 4. The molecule has 0 aliphatic carbocycles. The summed E-state index contributed by atoms with van der Waals surface area (Å²) in [7, 11) is 0. The molecule has 2 heteroatoms. The molecule has 7 aromatic carbocycles. The fourth-order valence-electron chi connectivity index (χ4n) is 6.92. The minimum atomic E-state index is -0.0914. The molecule has 0 bridgehead atoms. The van der Waals surface area contributed by atoms with Crippen LogP contribution in [-0.2, 0) is 5.54 Å². The molecule has 212 valence electrons. The zero-order valence-electron chi connectivity index (χ0n) is 25.3. The smallest absolute Gasteiger partial charge is 0.0546 e. The van der Waals surface area contributed by atoms with Crippen LogP contribution in [0.4, 0.5) is 17.1 Å². The highest BCUT2D eigenvalue weighted by atomic mass is 15.1. The van der Waals surface area contributed by atoms with Gasteiger partial charge in [-0.05, 0) is 84.3 Å². The van der Waals surface area contributed by atoms with Crippen LogP contribution in [0.25, 0.3) is 54.5 Å². The van der Waals surface area contributed by atoms with E-state index in [9.17, 15) is 0 Å². The summed E-state index contributed by atoms with van der Waals surface area (Å²) < 4.78 is 2.50. The average Bonchev–Trinajstić information content (AvgIpc) is 3.39. The van der Waals surface area contributed by atoms with E-state index in [1.165, 1.54) is 54.5 Å². The first kappa shape index (κ1) is 26.3. The molecule has 0 N–H and O–H groups in total. The van der Waals surface area contributed by atoms with Gasteiger partial charge >= 0.3 is 0 Å². The molecular formula is C42H34N2. The van der Waals surface area contributed by atoms with Gasteiger partial charge in [-0.3, -0.25) is 0 Å². The van der Waals surface area contributed by atoms with Gasteiger partial charge in [-0.15, -0.1) is 0 Å². The lowest BCUT2D eigenvalue weighted by molar-refractivity contribution is 0.423. The van der Waals surface area contributed by atoms with Gasteiger partial charge in [-0.2, -0.15) is 0 Å². The number of para-hydroxylation sites is 1. The molecular weight excluding hydrogens is 532 g/mol. The molecule has 0 fully saturated rings. The van der Waals surface area contributed by atoms with Gasteiger partial charge in [0, 0.05) is 38.8 Å². The van der Waals surface area contributed by atoms with Gasteiger partial charge < -0.3 is 9.47 Å². The van der Waals surface area contributed by atoms with Gasteiger partial charge in [0.05, 0.1) is 11.2 Å². The minimum absolute atomic E-state index is 0.0914. The van der Waals surface area contributed by atoms with Crippen LogP contribution < -0.4 is 4.90 Å². The van der Waals surface area contributed by atoms with E-state index in [1.54, 1.807) is 0 Å². The maximum Gasteiger partial charge on any atom is 0.0546 e. The highest BCUT2D eigenvalue weighted by molar-refractivity contribution is 6.10. The van der Waals surface area contributed by atoms with Crippen molar-refractivity contribution in [3.63, 3.8) is 0 Å². The first-order valence-corrected chi connectivity index (χ1v) is 15.4. The Kier molecular flexibility index (Phi) is 6.06. The van der Waals surface area contributed by atoms with E-state index in [0.29, 0.717) is 0 Å². The van der Waals surface area contributed by atoms with E-state index in [1.807, 2.05) is 0 Å². The summed E-state index contributed by atoms with van der Waals surface area (Å²) in [4.78, 5) is 2.45. The van der Waals surface area contributed by atoms with Crippen molar-refractivity contribution in [2.75, 3.05) is 4.90 Å². The van der Waals surface area contributed by atoms with Crippen molar-refractivity contribution in [2.45, 2.75) is 26.3 Å². The lowest BCUT2D eigenvalue weighted by Crippen LogP contribution is -2.21. The van der Waals surface area contributed by atoms with Gasteiger partial charge in [0.1, 0.15) is 0 Å². The van der Waals surface area contributed by atoms with Crippen LogP contribution in [0.15, 0.2) is 152 Å². The minimum Gasteiger partial charge on any atom is -0.335 e. The van der Waals surface area contributed by atoms with Crippen LogP contribution in [0.3, 0.4) is 0 Å². The van der Waals surface area contributed by atoms with Gasteiger partial charge in [0.15, 0.2) is 0 Å². The molecule has 8 rings (SSSR count). The molecule has 0 saturated heterocycles. The maximum atomic E-state index is 2.50. The number of benzene rings is 7. The molecule has 1 aromatic heterocycles. The zero-order valence-corrected chi connectivity index (χ0v) is 25.3. The number of hydrogen-bond donors (Lipinski definition) is 0. The van der Waals surface area contributed by atoms with Crippen molar-refractivity contribution in [3.8, 4) is 11.1 Å². The van der Waals surface area contributed by atoms with E-state index >= 15 is 0 Å². The monoisotopic (exact) mass is 566 g/mol. The van der Waals surface area contributed by atoms with Crippen molar-refractivity contribution >= 4 is 60.4 Å². The normalized spacial score (nSPS) is 12.0. The van der Waals surface area contributed by atoms with Gasteiger partial charge in [-0.1, -0.05) is 115 Å². The van der Waals surface area contributed by atoms with Crippen LogP contribution >= 0.6 is 0 Å². The highest BCUT2D eigenvalue weighted by Crippen LogP contribution is 2.46. The molecule has 8 aromatic rings. The third-order valence-corrected chi connectivity index (χ3v) is 8.79. The Balaban J connectivity index is 1.47. The Morgan fingerprint density at radius 2 is 1.05 bits per heavy atom. The highest BCUT2D eigenvalue weighted by Gasteiger charge is 2.24. The Bertz CT molecular complexity index is 2320. The summed E-state index contributed by atoms with van der Waals surface area (Å²) in [5.74, 6) is 0. The Morgan fingerprint density at radius 3 is 1.84 bits per heavy atom. The largest absolute Gasteiger partial charge is 0.335 e. The summed E-state index contributed by atoms with van der Waals surface area (Å²) in [6.07, 6.45) is 0. The molecule has 0 spiro atoms. The van der Waals surface area contributed by atoms with E-state index in [0.717, 1.165) is 17.1 Å². The van der Waals surface area contributed by atoms with E-state index in [2.05, 4.69) is 182 Å². The molecule has 0 aliphatic heterocycles. The third kappa shape index (κ3) is 4.26. The topological polar surface area (TPSA) is 8.17 Å². The zero-order chi connectivity index (χ0) is 29.8. The second kappa shape index (κ2) is 10.1. The molecule has 0 saturated carbocycles. The molecule has 0 unspecified atom stereocenters. The van der Waals surface area contributed by atoms with E-state index in [4.69, 9.17) is 0 Å². The van der Waals surface area contributed by atoms with Crippen molar-refractivity contribution in [1.82, 2.24) is 4.57 Å². The first-order chi connectivity index (χ1) is 21.5. The van der Waals surface area contributed by atoms with Crippen LogP contribution in [0.5, 0.6) is 0 Å². The number of nitrogens with zero attached hydrogens (tertiary/aromatic N) is 2. The molecule has 0 atom stereocenters. The van der Waals surface area contributed by atoms with Crippen molar-refractivity contribution in [1.29, 1.82) is 0 Å². The Morgan fingerprint density at radius 1 is 0.455 bits per heavy atom. The fourth-order valence-corrected chi connectivity index (χ4v) is 6.92. The first-order valence-electron chi connectivity index (χ1n) is 15.4. The SMILES string of the molecule is CC(C)(C)n1c2ccccc2c2ccc(N(c3ccc4ccccc4c3)c3ccc4ccccc4c3-c3ccccc3)cc21. The summed E-state index contributed by atoms with van der Waals surface area (Å²) in [6.45, 7) is 6.89. The molecule has 2 nitrogen and oxygen atoms in total. The predicted octanol–water partition coefficient (Wildman–Crippen LogP) is 12.0. The lowest BCUT2D eigenvalue weighted by atomic mass is 9.95. The maximum absolute atomic E-state index is 2.50.